The zero-order chi connectivity index (χ0) is 18.1. The van der Waals surface area contributed by atoms with Crippen LogP contribution in [-0.2, 0) is 0 Å². The number of nitrogens with zero attached hydrogens (tertiary/aromatic N) is 5. The highest BCUT2D eigenvalue weighted by Crippen LogP contribution is 2.35. The predicted molar refractivity (Wildman–Crippen MR) is 101 cm³/mol. The van der Waals surface area contributed by atoms with Gasteiger partial charge in [0.05, 0.1) is 12.2 Å². The third-order valence-electron chi connectivity index (χ3n) is 4.79. The van der Waals surface area contributed by atoms with E-state index in [4.69, 9.17) is 16.3 Å². The molecule has 138 valence electrons. The molecule has 2 aromatic rings. The van der Waals surface area contributed by atoms with Crippen LogP contribution in [0.15, 0.2) is 30.6 Å². The second kappa shape index (κ2) is 7.26. The number of aromatic nitrogens is 2. The van der Waals surface area contributed by atoms with Crippen molar-refractivity contribution in [1.29, 1.82) is 0 Å². The van der Waals surface area contributed by atoms with E-state index in [0.29, 0.717) is 18.2 Å². The normalized spacial score (nSPS) is 19.0. The van der Waals surface area contributed by atoms with Gasteiger partial charge in [0.25, 0.3) is 0 Å². The monoisotopic (exact) mass is 375 g/mol. The van der Waals surface area contributed by atoms with Gasteiger partial charge in [-0.15, -0.1) is 0 Å². The number of fused-ring (bicyclic) bond motifs is 1. The van der Waals surface area contributed by atoms with Crippen molar-refractivity contribution in [3.05, 3.63) is 41.2 Å². The molecule has 8 heteroatoms. The Labute approximate surface area is 157 Å². The first-order valence-electron chi connectivity index (χ1n) is 8.76. The van der Waals surface area contributed by atoms with Gasteiger partial charge in [0.15, 0.2) is 6.35 Å². The number of hydrogen-bond acceptors (Lipinski definition) is 7. The van der Waals surface area contributed by atoms with Crippen LogP contribution in [0.2, 0.25) is 5.02 Å². The van der Waals surface area contributed by atoms with Crippen molar-refractivity contribution in [2.75, 3.05) is 49.1 Å². The minimum absolute atomic E-state index is 0.529. The van der Waals surface area contributed by atoms with Gasteiger partial charge in [-0.1, -0.05) is 11.6 Å². The molecule has 26 heavy (non-hydrogen) atoms. The fraction of sp³-hybridized carbons (Fsp3) is 0.444. The molecule has 2 aliphatic heterocycles. The van der Waals surface area contributed by atoms with Crippen molar-refractivity contribution in [1.82, 2.24) is 14.9 Å². The molecular formula is C18H22ClN5O2. The van der Waals surface area contributed by atoms with Crippen LogP contribution in [0, 0.1) is 6.92 Å². The second-order valence-corrected chi connectivity index (χ2v) is 7.02. The van der Waals surface area contributed by atoms with Gasteiger partial charge in [-0.25, -0.2) is 9.97 Å². The number of aryl methyl sites for hydroxylation is 1. The van der Waals surface area contributed by atoms with E-state index in [1.54, 1.807) is 6.07 Å². The largest absolute Gasteiger partial charge is 0.490 e. The zero-order valence-corrected chi connectivity index (χ0v) is 15.4. The lowest BCUT2D eigenvalue weighted by molar-refractivity contribution is -0.00566. The number of piperazine rings is 1. The molecule has 1 atom stereocenters. The SMILES string of the molecule is Cc1cnc(N2CCN(C(O)N3CCOc4cc(Cl)ccc43)CC2)nc1. The highest BCUT2D eigenvalue weighted by Gasteiger charge is 2.30. The maximum Gasteiger partial charge on any atom is 0.225 e. The van der Waals surface area contributed by atoms with E-state index in [-0.39, 0.29) is 0 Å². The number of benzene rings is 1. The van der Waals surface area contributed by atoms with Crippen LogP contribution in [-0.4, -0.2) is 65.7 Å². The molecule has 0 amide bonds. The molecule has 1 saturated heterocycles. The molecule has 2 aliphatic rings. The first kappa shape index (κ1) is 17.3. The summed E-state index contributed by atoms with van der Waals surface area (Å²) in [4.78, 5) is 15.0. The van der Waals surface area contributed by atoms with Crippen LogP contribution in [0.4, 0.5) is 11.6 Å². The number of aliphatic hydroxyl groups excluding tert-OH is 1. The van der Waals surface area contributed by atoms with E-state index < -0.39 is 6.35 Å². The molecule has 0 saturated carbocycles. The van der Waals surface area contributed by atoms with Crippen molar-refractivity contribution >= 4 is 23.2 Å². The van der Waals surface area contributed by atoms with E-state index in [1.165, 1.54) is 0 Å². The third kappa shape index (κ3) is 3.42. The predicted octanol–water partition coefficient (Wildman–Crippen LogP) is 1.74. The lowest BCUT2D eigenvalue weighted by Crippen LogP contribution is -2.57. The molecule has 0 bridgehead atoms. The number of rotatable bonds is 3. The van der Waals surface area contributed by atoms with Gasteiger partial charge >= 0.3 is 0 Å². The lowest BCUT2D eigenvalue weighted by atomic mass is 10.2. The summed E-state index contributed by atoms with van der Waals surface area (Å²) >= 11 is 6.05. The first-order valence-corrected chi connectivity index (χ1v) is 9.14. The number of hydrogen-bond donors (Lipinski definition) is 1. The average Bonchev–Trinajstić information content (AvgIpc) is 2.67. The third-order valence-corrected chi connectivity index (χ3v) is 5.03. The molecule has 1 N–H and O–H groups in total. The highest BCUT2D eigenvalue weighted by molar-refractivity contribution is 6.30. The summed E-state index contributed by atoms with van der Waals surface area (Å²) in [6, 6.07) is 5.51. The molecule has 3 heterocycles. The maximum absolute atomic E-state index is 10.9. The second-order valence-electron chi connectivity index (χ2n) is 6.58. The van der Waals surface area contributed by atoms with Crippen LogP contribution >= 0.6 is 11.6 Å². The highest BCUT2D eigenvalue weighted by atomic mass is 35.5. The Morgan fingerprint density at radius 1 is 1.12 bits per heavy atom. The molecule has 1 fully saturated rings. The maximum atomic E-state index is 10.9. The van der Waals surface area contributed by atoms with Crippen molar-refractivity contribution < 1.29 is 9.84 Å². The van der Waals surface area contributed by atoms with Gasteiger partial charge in [-0.05, 0) is 24.6 Å². The fourth-order valence-electron chi connectivity index (χ4n) is 3.35. The quantitative estimate of drug-likeness (QED) is 0.876. The minimum atomic E-state index is -0.695. The van der Waals surface area contributed by atoms with Crippen molar-refractivity contribution in [2.45, 2.75) is 13.3 Å². The summed E-state index contributed by atoms with van der Waals surface area (Å²) in [6.07, 6.45) is 2.97. The summed E-state index contributed by atoms with van der Waals surface area (Å²) in [5.41, 5.74) is 1.92. The molecule has 1 aromatic carbocycles. The van der Waals surface area contributed by atoms with Gasteiger partial charge in [-0.2, -0.15) is 0 Å². The van der Waals surface area contributed by atoms with Crippen molar-refractivity contribution in [2.24, 2.45) is 0 Å². The Morgan fingerprint density at radius 3 is 2.58 bits per heavy atom. The van der Waals surface area contributed by atoms with Crippen LogP contribution in [0.1, 0.15) is 5.56 Å². The minimum Gasteiger partial charge on any atom is -0.490 e. The molecule has 7 nitrogen and oxygen atoms in total. The Balaban J connectivity index is 1.43. The summed E-state index contributed by atoms with van der Waals surface area (Å²) in [7, 11) is 0. The summed E-state index contributed by atoms with van der Waals surface area (Å²) < 4.78 is 5.68. The zero-order valence-electron chi connectivity index (χ0n) is 14.7. The summed E-state index contributed by atoms with van der Waals surface area (Å²) in [5.74, 6) is 1.46. The summed E-state index contributed by atoms with van der Waals surface area (Å²) in [5, 5.41) is 11.6. The van der Waals surface area contributed by atoms with E-state index in [0.717, 1.165) is 49.1 Å². The fourth-order valence-corrected chi connectivity index (χ4v) is 3.52. The number of aliphatic hydroxyl groups is 1. The molecule has 4 rings (SSSR count). The Kier molecular flexibility index (Phi) is 4.84. The van der Waals surface area contributed by atoms with Crippen LogP contribution in [0.3, 0.4) is 0 Å². The van der Waals surface area contributed by atoms with Gasteiger partial charge in [0.2, 0.25) is 5.95 Å². The molecule has 0 spiro atoms. The lowest BCUT2D eigenvalue weighted by Gasteiger charge is -2.43. The molecular weight excluding hydrogens is 354 g/mol. The van der Waals surface area contributed by atoms with Crippen LogP contribution in [0.5, 0.6) is 5.75 Å². The van der Waals surface area contributed by atoms with Gasteiger partial charge < -0.3 is 19.6 Å². The molecule has 1 unspecified atom stereocenters. The number of anilines is 2. The first-order chi connectivity index (χ1) is 12.6. The van der Waals surface area contributed by atoms with Crippen LogP contribution < -0.4 is 14.5 Å². The number of halogens is 1. The van der Waals surface area contributed by atoms with E-state index in [2.05, 4.69) is 19.8 Å². The molecule has 1 aromatic heterocycles. The topological polar surface area (TPSA) is 65.0 Å². The molecule has 0 aliphatic carbocycles. The van der Waals surface area contributed by atoms with Gasteiger partial charge in [-0.3, -0.25) is 4.90 Å². The van der Waals surface area contributed by atoms with E-state index in [9.17, 15) is 5.11 Å². The van der Waals surface area contributed by atoms with Crippen LogP contribution in [0.25, 0.3) is 0 Å². The van der Waals surface area contributed by atoms with Gasteiger partial charge in [0, 0.05) is 49.7 Å². The number of ether oxygens (including phenoxy) is 1. The smallest absolute Gasteiger partial charge is 0.225 e. The van der Waals surface area contributed by atoms with Gasteiger partial charge in [0.1, 0.15) is 12.4 Å². The van der Waals surface area contributed by atoms with Crippen molar-refractivity contribution in [3.8, 4) is 5.75 Å². The Bertz CT molecular complexity index is 765. The van der Waals surface area contributed by atoms with E-state index in [1.807, 2.05) is 36.4 Å². The Hall–Kier alpha value is -2.09. The standard InChI is InChI=1S/C18H22ClN5O2/c1-13-11-20-17(21-12-13)22-4-6-23(7-5-22)18(25)24-8-9-26-16-10-14(19)2-3-15(16)24/h2-3,10-12,18,25H,4-9H2,1H3. The molecule has 0 radical (unpaired) electrons. The van der Waals surface area contributed by atoms with E-state index >= 15 is 0 Å². The average molecular weight is 376 g/mol. The Morgan fingerprint density at radius 2 is 1.85 bits per heavy atom. The summed E-state index contributed by atoms with van der Waals surface area (Å²) in [6.45, 7) is 6.16. The van der Waals surface area contributed by atoms with Crippen molar-refractivity contribution in [3.63, 3.8) is 0 Å².